The van der Waals surface area contributed by atoms with Crippen molar-refractivity contribution in [2.75, 3.05) is 0 Å². The fourth-order valence-electron chi connectivity index (χ4n) is 6.69. The third kappa shape index (κ3) is 2.57. The van der Waals surface area contributed by atoms with Crippen LogP contribution in [0, 0.1) is 16.7 Å². The molecule has 3 aliphatic rings. The van der Waals surface area contributed by atoms with Gasteiger partial charge in [0.05, 0.1) is 17.6 Å². The van der Waals surface area contributed by atoms with E-state index in [2.05, 4.69) is 64.1 Å². The molecule has 2 aromatic carbocycles. The Bertz CT molecular complexity index is 953. The van der Waals surface area contributed by atoms with Crippen LogP contribution in [-0.4, -0.2) is 22.6 Å². The second-order valence-electron chi connectivity index (χ2n) is 10.4. The van der Waals surface area contributed by atoms with E-state index in [1.807, 2.05) is 24.3 Å². The van der Waals surface area contributed by atoms with Crippen LogP contribution in [0.15, 0.2) is 65.7 Å². The summed E-state index contributed by atoms with van der Waals surface area (Å²) < 4.78 is 6.56. The summed E-state index contributed by atoms with van der Waals surface area (Å²) in [5, 5.41) is 12.4. The van der Waals surface area contributed by atoms with Crippen molar-refractivity contribution in [1.82, 2.24) is 0 Å². The Morgan fingerprint density at radius 1 is 1.00 bits per heavy atom. The minimum atomic E-state index is -0.870. The normalized spacial score (nSPS) is 37.6. The third-order valence-corrected chi connectivity index (χ3v) is 8.95. The van der Waals surface area contributed by atoms with Gasteiger partial charge in [0.25, 0.3) is 0 Å². The van der Waals surface area contributed by atoms with Crippen molar-refractivity contribution in [2.24, 2.45) is 21.7 Å². The quantitative estimate of drug-likeness (QED) is 0.690. The molecule has 0 radical (unpaired) electrons. The number of fused-ring (bicyclic) bond motifs is 2. The third-order valence-electron chi connectivity index (χ3n) is 8.95. The predicted molar refractivity (Wildman–Crippen MR) is 121 cm³/mol. The molecule has 0 saturated heterocycles. The van der Waals surface area contributed by atoms with Gasteiger partial charge in [-0.15, -0.1) is 0 Å². The minimum Gasteiger partial charge on any atom is -0.470 e. The van der Waals surface area contributed by atoms with E-state index in [1.54, 1.807) is 0 Å². The van der Waals surface area contributed by atoms with E-state index in [0.29, 0.717) is 11.8 Å². The molecule has 158 valence electrons. The first-order chi connectivity index (χ1) is 14.3. The van der Waals surface area contributed by atoms with E-state index in [4.69, 9.17) is 9.73 Å². The zero-order valence-corrected chi connectivity index (χ0v) is 18.5. The van der Waals surface area contributed by atoms with Crippen molar-refractivity contribution in [3.8, 4) is 0 Å². The molecule has 6 atom stereocenters. The van der Waals surface area contributed by atoms with Gasteiger partial charge in [-0.2, -0.15) is 0 Å². The lowest BCUT2D eigenvalue weighted by Gasteiger charge is -2.49. The Hall–Kier alpha value is -2.13. The van der Waals surface area contributed by atoms with Gasteiger partial charge >= 0.3 is 0 Å². The molecule has 2 aromatic rings. The summed E-state index contributed by atoms with van der Waals surface area (Å²) in [5.74, 6) is 0.988. The van der Waals surface area contributed by atoms with Crippen LogP contribution < -0.4 is 0 Å². The number of nitrogens with zero attached hydrogens (tertiary/aromatic N) is 1. The minimum absolute atomic E-state index is 0.0246. The standard InChI is InChI=1S/C27H33NO2/c1-18-23(20-13-9-6-10-14-20)30-24(28-18)22(19-11-7-5-8-12-19)27(29)17-21-15-16-26(27,4)25(21,2)3/h5-14,18,21-23,29H,15-17H2,1-4H3/t18-,21-,22+,23-,26-,27-/m1/s1. The van der Waals surface area contributed by atoms with Crippen LogP contribution in [0.1, 0.15) is 70.1 Å². The molecule has 2 aliphatic carbocycles. The highest BCUT2D eigenvalue weighted by Crippen LogP contribution is 2.72. The Kier molecular flexibility index (Phi) is 4.41. The van der Waals surface area contributed by atoms with Crippen molar-refractivity contribution in [3.63, 3.8) is 0 Å². The molecule has 2 saturated carbocycles. The van der Waals surface area contributed by atoms with E-state index < -0.39 is 5.60 Å². The van der Waals surface area contributed by atoms with Crippen LogP contribution in [-0.2, 0) is 4.74 Å². The molecule has 1 heterocycles. The van der Waals surface area contributed by atoms with E-state index in [-0.39, 0.29) is 28.9 Å². The van der Waals surface area contributed by atoms with E-state index in [0.717, 1.165) is 24.0 Å². The van der Waals surface area contributed by atoms with Gasteiger partial charge in [-0.25, -0.2) is 4.99 Å². The molecule has 2 fully saturated rings. The van der Waals surface area contributed by atoms with Gasteiger partial charge in [-0.05, 0) is 48.6 Å². The van der Waals surface area contributed by atoms with Gasteiger partial charge in [0.15, 0.2) is 5.90 Å². The number of ether oxygens (including phenoxy) is 1. The zero-order valence-electron chi connectivity index (χ0n) is 18.5. The van der Waals surface area contributed by atoms with Crippen LogP contribution in [0.4, 0.5) is 0 Å². The maximum Gasteiger partial charge on any atom is 0.195 e. The highest BCUT2D eigenvalue weighted by molar-refractivity contribution is 5.87. The summed E-state index contributed by atoms with van der Waals surface area (Å²) in [6.07, 6.45) is 2.96. The van der Waals surface area contributed by atoms with Crippen LogP contribution in [0.5, 0.6) is 0 Å². The molecular weight excluding hydrogens is 370 g/mol. The molecule has 0 amide bonds. The molecule has 5 rings (SSSR count). The van der Waals surface area contributed by atoms with Gasteiger partial charge in [0.2, 0.25) is 0 Å². The molecule has 3 heteroatoms. The summed E-state index contributed by atoms with van der Waals surface area (Å²) in [4.78, 5) is 5.01. The number of benzene rings is 2. The summed E-state index contributed by atoms with van der Waals surface area (Å²) in [6.45, 7) is 9.10. The summed E-state index contributed by atoms with van der Waals surface area (Å²) in [5.41, 5.74) is 1.29. The van der Waals surface area contributed by atoms with E-state index >= 15 is 0 Å². The largest absolute Gasteiger partial charge is 0.470 e. The summed E-state index contributed by atoms with van der Waals surface area (Å²) >= 11 is 0. The SMILES string of the molecule is C[C@H]1N=C([C@H](c2ccccc2)[C@]2(O)C[C@H]3CC[C@]2(C)C3(C)C)O[C@H]1c1ccccc1. The lowest BCUT2D eigenvalue weighted by molar-refractivity contribution is -0.0985. The van der Waals surface area contributed by atoms with Gasteiger partial charge in [0.1, 0.15) is 6.10 Å². The Morgan fingerprint density at radius 2 is 1.63 bits per heavy atom. The van der Waals surface area contributed by atoms with Crippen LogP contribution in [0.3, 0.4) is 0 Å². The van der Waals surface area contributed by atoms with Crippen molar-refractivity contribution >= 4 is 5.90 Å². The highest BCUT2D eigenvalue weighted by Gasteiger charge is 2.71. The Balaban J connectivity index is 1.58. The van der Waals surface area contributed by atoms with Crippen LogP contribution >= 0.6 is 0 Å². The Labute approximate surface area is 180 Å². The number of aliphatic hydroxyl groups is 1. The average molecular weight is 404 g/mol. The molecule has 0 unspecified atom stereocenters. The lowest BCUT2D eigenvalue weighted by atomic mass is 9.59. The molecule has 30 heavy (non-hydrogen) atoms. The van der Waals surface area contributed by atoms with E-state index in [9.17, 15) is 5.11 Å². The van der Waals surface area contributed by atoms with Crippen LogP contribution in [0.25, 0.3) is 0 Å². The van der Waals surface area contributed by atoms with Crippen molar-refractivity contribution in [1.29, 1.82) is 0 Å². The summed E-state index contributed by atoms with van der Waals surface area (Å²) in [6, 6.07) is 20.7. The molecular formula is C27H33NO2. The average Bonchev–Trinajstić information content (AvgIpc) is 3.27. The predicted octanol–water partition coefficient (Wildman–Crippen LogP) is 5.91. The number of hydrogen-bond acceptors (Lipinski definition) is 3. The van der Waals surface area contributed by atoms with Crippen molar-refractivity contribution in [2.45, 2.75) is 70.6 Å². The Morgan fingerprint density at radius 3 is 2.20 bits per heavy atom. The monoisotopic (exact) mass is 403 g/mol. The van der Waals surface area contributed by atoms with Gasteiger partial charge < -0.3 is 9.84 Å². The van der Waals surface area contributed by atoms with Crippen molar-refractivity contribution < 1.29 is 9.84 Å². The maximum absolute atomic E-state index is 12.4. The van der Waals surface area contributed by atoms with Crippen LogP contribution in [0.2, 0.25) is 0 Å². The topological polar surface area (TPSA) is 41.8 Å². The molecule has 2 bridgehead atoms. The molecule has 0 aromatic heterocycles. The van der Waals surface area contributed by atoms with Gasteiger partial charge in [0, 0.05) is 5.41 Å². The molecule has 1 aliphatic heterocycles. The second kappa shape index (κ2) is 6.68. The van der Waals surface area contributed by atoms with Gasteiger partial charge in [-0.1, -0.05) is 81.4 Å². The first-order valence-electron chi connectivity index (χ1n) is 11.3. The van der Waals surface area contributed by atoms with E-state index in [1.165, 1.54) is 6.42 Å². The highest BCUT2D eigenvalue weighted by atomic mass is 16.5. The molecule has 1 N–H and O–H groups in total. The smallest absolute Gasteiger partial charge is 0.195 e. The number of rotatable bonds is 4. The zero-order chi connectivity index (χ0) is 21.1. The lowest BCUT2D eigenvalue weighted by Crippen LogP contribution is -2.53. The first kappa shape index (κ1) is 19.8. The second-order valence-corrected chi connectivity index (χ2v) is 10.4. The van der Waals surface area contributed by atoms with Crippen molar-refractivity contribution in [3.05, 3.63) is 71.8 Å². The fourth-order valence-corrected chi connectivity index (χ4v) is 6.69. The number of hydrogen-bond donors (Lipinski definition) is 1. The molecule has 3 nitrogen and oxygen atoms in total. The molecule has 0 spiro atoms. The van der Waals surface area contributed by atoms with Gasteiger partial charge in [-0.3, -0.25) is 0 Å². The first-order valence-corrected chi connectivity index (χ1v) is 11.3. The number of aliphatic imine (C=N–C) groups is 1. The summed E-state index contributed by atoms with van der Waals surface area (Å²) in [7, 11) is 0. The fraction of sp³-hybridized carbons (Fsp3) is 0.519. The maximum atomic E-state index is 12.4.